The molecule has 1 amide bonds. The highest BCUT2D eigenvalue weighted by Crippen LogP contribution is 2.28. The number of carbonyl (C=O) groups is 1. The smallest absolute Gasteiger partial charge is 0.256 e. The average Bonchev–Trinajstić information content (AvgIpc) is 2.47. The number of rotatable bonds is 8. The summed E-state index contributed by atoms with van der Waals surface area (Å²) in [5.74, 6) is 0.441. The van der Waals surface area contributed by atoms with Crippen LogP contribution in [0.3, 0.4) is 0 Å². The van der Waals surface area contributed by atoms with Gasteiger partial charge in [0.05, 0.1) is 11.6 Å². The van der Waals surface area contributed by atoms with E-state index in [0.717, 1.165) is 12.8 Å². The Hall–Kier alpha value is -1.26. The first-order chi connectivity index (χ1) is 9.96. The van der Waals surface area contributed by atoms with Crippen LogP contribution in [0.2, 0.25) is 5.02 Å². The Kier molecular flexibility index (Phi) is 6.99. The molecule has 1 aromatic rings. The monoisotopic (exact) mass is 313 g/mol. The van der Waals surface area contributed by atoms with Gasteiger partial charge in [0.2, 0.25) is 0 Å². The molecule has 1 N–H and O–H groups in total. The van der Waals surface area contributed by atoms with E-state index in [4.69, 9.17) is 21.1 Å². The molecule has 0 aliphatic carbocycles. The van der Waals surface area contributed by atoms with Gasteiger partial charge in [-0.3, -0.25) is 4.79 Å². The predicted octanol–water partition coefficient (Wildman–Crippen LogP) is 4.27. The normalized spacial score (nSPS) is 13.6. The van der Waals surface area contributed by atoms with Crippen LogP contribution in [0.1, 0.15) is 40.0 Å². The van der Waals surface area contributed by atoms with E-state index in [9.17, 15) is 4.79 Å². The van der Waals surface area contributed by atoms with E-state index in [1.807, 2.05) is 6.92 Å². The van der Waals surface area contributed by atoms with Crippen molar-refractivity contribution in [3.63, 3.8) is 0 Å². The molecule has 0 saturated heterocycles. The molecule has 0 saturated carbocycles. The fourth-order valence-corrected chi connectivity index (χ4v) is 2.17. The van der Waals surface area contributed by atoms with Crippen molar-refractivity contribution in [3.8, 4) is 5.75 Å². The lowest BCUT2D eigenvalue weighted by Gasteiger charge is -2.26. The predicted molar refractivity (Wildman–Crippen MR) is 86.2 cm³/mol. The number of benzene rings is 1. The maximum atomic E-state index is 12.4. The second-order valence-electron chi connectivity index (χ2n) is 5.07. The standard InChI is InChI=1S/C16H24ClNO3/c1-5-7-10-16(3,20-4)15(19)18-12-8-9-14(21-6-2)13(17)11-12/h8-9,11H,5-7,10H2,1-4H3,(H,18,19)/t16-/m1/s1. The van der Waals surface area contributed by atoms with Gasteiger partial charge in [-0.05, 0) is 38.5 Å². The van der Waals surface area contributed by atoms with E-state index in [1.165, 1.54) is 0 Å². The Bertz CT molecular complexity index is 479. The molecule has 0 unspecified atom stereocenters. The second-order valence-corrected chi connectivity index (χ2v) is 5.48. The van der Waals surface area contributed by atoms with Crippen molar-refractivity contribution in [1.82, 2.24) is 0 Å². The molecule has 4 nitrogen and oxygen atoms in total. The SMILES string of the molecule is CCCC[C@@](C)(OC)C(=O)Nc1ccc(OCC)c(Cl)c1. The van der Waals surface area contributed by atoms with Crippen molar-refractivity contribution in [2.45, 2.75) is 45.6 Å². The van der Waals surface area contributed by atoms with Gasteiger partial charge in [0.25, 0.3) is 5.91 Å². The van der Waals surface area contributed by atoms with Crippen molar-refractivity contribution in [3.05, 3.63) is 23.2 Å². The van der Waals surface area contributed by atoms with Crippen molar-refractivity contribution in [2.75, 3.05) is 19.0 Å². The Labute approximate surface area is 131 Å². The second kappa shape index (κ2) is 8.25. The lowest BCUT2D eigenvalue weighted by atomic mass is 9.97. The highest BCUT2D eigenvalue weighted by molar-refractivity contribution is 6.32. The topological polar surface area (TPSA) is 47.6 Å². The zero-order valence-electron chi connectivity index (χ0n) is 13.2. The number of halogens is 1. The zero-order valence-corrected chi connectivity index (χ0v) is 13.9. The van der Waals surface area contributed by atoms with E-state index >= 15 is 0 Å². The van der Waals surface area contributed by atoms with Gasteiger partial charge >= 0.3 is 0 Å². The van der Waals surface area contributed by atoms with Crippen LogP contribution in [0.5, 0.6) is 5.75 Å². The maximum Gasteiger partial charge on any atom is 0.256 e. The van der Waals surface area contributed by atoms with Crippen molar-refractivity contribution >= 4 is 23.2 Å². The molecular formula is C16H24ClNO3. The van der Waals surface area contributed by atoms with Gasteiger partial charge in [-0.15, -0.1) is 0 Å². The Morgan fingerprint density at radius 2 is 2.10 bits per heavy atom. The Balaban J connectivity index is 2.79. The van der Waals surface area contributed by atoms with Crippen LogP contribution in [0.15, 0.2) is 18.2 Å². The van der Waals surface area contributed by atoms with Crippen LogP contribution >= 0.6 is 11.6 Å². The molecule has 0 spiro atoms. The maximum absolute atomic E-state index is 12.4. The van der Waals surface area contributed by atoms with Crippen LogP contribution in [-0.4, -0.2) is 25.2 Å². The molecule has 0 heterocycles. The van der Waals surface area contributed by atoms with Crippen LogP contribution in [0.25, 0.3) is 0 Å². The van der Waals surface area contributed by atoms with Crippen LogP contribution in [-0.2, 0) is 9.53 Å². The highest BCUT2D eigenvalue weighted by atomic mass is 35.5. The average molecular weight is 314 g/mol. The van der Waals surface area contributed by atoms with Gasteiger partial charge in [-0.2, -0.15) is 0 Å². The largest absolute Gasteiger partial charge is 0.492 e. The fraction of sp³-hybridized carbons (Fsp3) is 0.562. The third-order valence-electron chi connectivity index (χ3n) is 3.43. The number of carbonyl (C=O) groups excluding carboxylic acids is 1. The number of nitrogens with one attached hydrogen (secondary N) is 1. The molecule has 118 valence electrons. The van der Waals surface area contributed by atoms with Gasteiger partial charge in [0, 0.05) is 12.8 Å². The molecule has 0 fully saturated rings. The molecule has 1 aromatic carbocycles. The molecule has 0 radical (unpaired) electrons. The molecule has 21 heavy (non-hydrogen) atoms. The summed E-state index contributed by atoms with van der Waals surface area (Å²) in [5, 5.41) is 3.32. The van der Waals surface area contributed by atoms with E-state index in [-0.39, 0.29) is 5.91 Å². The number of anilines is 1. The molecule has 0 aliphatic heterocycles. The summed E-state index contributed by atoms with van der Waals surface area (Å²) in [6.45, 7) is 6.32. The first-order valence-corrected chi connectivity index (χ1v) is 7.63. The lowest BCUT2D eigenvalue weighted by Crippen LogP contribution is -2.41. The third-order valence-corrected chi connectivity index (χ3v) is 3.72. The van der Waals surface area contributed by atoms with Gasteiger partial charge in [0.15, 0.2) is 0 Å². The first kappa shape index (κ1) is 17.8. The molecule has 5 heteroatoms. The minimum Gasteiger partial charge on any atom is -0.492 e. The molecule has 1 atom stereocenters. The lowest BCUT2D eigenvalue weighted by molar-refractivity contribution is -0.136. The molecule has 1 rings (SSSR count). The van der Waals surface area contributed by atoms with E-state index in [1.54, 1.807) is 32.2 Å². The summed E-state index contributed by atoms with van der Waals surface area (Å²) >= 11 is 6.12. The van der Waals surface area contributed by atoms with Gasteiger partial charge in [-0.1, -0.05) is 31.4 Å². The summed E-state index contributed by atoms with van der Waals surface area (Å²) in [7, 11) is 1.56. The van der Waals surface area contributed by atoms with Gasteiger partial charge < -0.3 is 14.8 Å². The fourth-order valence-electron chi connectivity index (χ4n) is 1.94. The molecule has 0 aliphatic rings. The number of hydrogen-bond donors (Lipinski definition) is 1. The Morgan fingerprint density at radius 3 is 2.62 bits per heavy atom. The van der Waals surface area contributed by atoms with Crippen molar-refractivity contribution < 1.29 is 14.3 Å². The van der Waals surface area contributed by atoms with E-state index in [2.05, 4.69) is 12.2 Å². The third kappa shape index (κ3) is 4.90. The zero-order chi connectivity index (χ0) is 15.9. The van der Waals surface area contributed by atoms with Crippen molar-refractivity contribution in [2.24, 2.45) is 0 Å². The first-order valence-electron chi connectivity index (χ1n) is 7.25. The summed E-state index contributed by atoms with van der Waals surface area (Å²) < 4.78 is 10.8. The quantitative estimate of drug-likeness (QED) is 0.779. The number of unbranched alkanes of at least 4 members (excludes halogenated alkanes) is 1. The summed E-state index contributed by atoms with van der Waals surface area (Å²) in [6, 6.07) is 5.20. The van der Waals surface area contributed by atoms with Gasteiger partial charge in [-0.25, -0.2) is 0 Å². The summed E-state index contributed by atoms with van der Waals surface area (Å²) in [5.41, 5.74) is -0.200. The highest BCUT2D eigenvalue weighted by Gasteiger charge is 2.32. The van der Waals surface area contributed by atoms with Crippen molar-refractivity contribution in [1.29, 1.82) is 0 Å². The molecule has 0 bridgehead atoms. The number of methoxy groups -OCH3 is 1. The minimum atomic E-state index is -0.832. The van der Waals surface area contributed by atoms with Gasteiger partial charge in [0.1, 0.15) is 11.4 Å². The van der Waals surface area contributed by atoms with Crippen LogP contribution in [0.4, 0.5) is 5.69 Å². The number of ether oxygens (including phenoxy) is 2. The minimum absolute atomic E-state index is 0.168. The van der Waals surface area contributed by atoms with Crippen LogP contribution in [0, 0.1) is 0 Å². The van der Waals surface area contributed by atoms with E-state index < -0.39 is 5.60 Å². The summed E-state index contributed by atoms with van der Waals surface area (Å²) in [4.78, 5) is 12.4. The van der Waals surface area contributed by atoms with Crippen LogP contribution < -0.4 is 10.1 Å². The van der Waals surface area contributed by atoms with E-state index in [0.29, 0.717) is 29.5 Å². The molecular weight excluding hydrogens is 290 g/mol. The Morgan fingerprint density at radius 1 is 1.38 bits per heavy atom. The molecule has 0 aromatic heterocycles. The number of amides is 1. The number of hydrogen-bond acceptors (Lipinski definition) is 3. The summed E-state index contributed by atoms with van der Waals surface area (Å²) in [6.07, 6.45) is 2.62.